The number of hydrogen-bond donors (Lipinski definition) is 1. The van der Waals surface area contributed by atoms with Crippen LogP contribution in [0.25, 0.3) is 0 Å². The molecule has 0 radical (unpaired) electrons. The molecule has 1 N–H and O–H groups in total. The van der Waals surface area contributed by atoms with Gasteiger partial charge in [0.1, 0.15) is 5.01 Å². The van der Waals surface area contributed by atoms with E-state index in [0.29, 0.717) is 5.41 Å². The van der Waals surface area contributed by atoms with E-state index >= 15 is 0 Å². The molecule has 1 fully saturated rings. The van der Waals surface area contributed by atoms with E-state index in [4.69, 9.17) is 4.98 Å². The predicted molar refractivity (Wildman–Crippen MR) is 89.8 cm³/mol. The number of nitrogens with one attached hydrogen (secondary N) is 1. The van der Waals surface area contributed by atoms with Crippen LogP contribution in [0.1, 0.15) is 55.6 Å². The van der Waals surface area contributed by atoms with Crippen LogP contribution in [0.3, 0.4) is 0 Å². The van der Waals surface area contributed by atoms with Crippen molar-refractivity contribution in [2.24, 2.45) is 5.41 Å². The van der Waals surface area contributed by atoms with Crippen LogP contribution < -0.4 is 5.32 Å². The van der Waals surface area contributed by atoms with Gasteiger partial charge in [0, 0.05) is 10.6 Å². The topological polar surface area (TPSA) is 24.9 Å². The van der Waals surface area contributed by atoms with E-state index in [2.05, 4.69) is 37.8 Å². The van der Waals surface area contributed by atoms with Crippen LogP contribution in [-0.4, -0.2) is 23.0 Å². The molecular formula is C16H26N2S2. The molecule has 1 aromatic rings. The summed E-state index contributed by atoms with van der Waals surface area (Å²) in [6.45, 7) is 8.16. The zero-order chi connectivity index (χ0) is 14.2. The molecule has 1 aliphatic carbocycles. The highest BCUT2D eigenvalue weighted by atomic mass is 32.2. The Balaban J connectivity index is 1.91. The third-order valence-corrected chi connectivity index (χ3v) is 7.38. The third-order valence-electron chi connectivity index (χ3n) is 4.34. The van der Waals surface area contributed by atoms with Crippen molar-refractivity contribution in [1.82, 2.24) is 10.3 Å². The smallest absolute Gasteiger partial charge is 0.114 e. The van der Waals surface area contributed by atoms with Crippen LogP contribution in [0.4, 0.5) is 0 Å². The van der Waals surface area contributed by atoms with Crippen molar-refractivity contribution < 1.29 is 0 Å². The summed E-state index contributed by atoms with van der Waals surface area (Å²) in [7, 11) is 0. The number of thioether (sulfide) groups is 1. The highest BCUT2D eigenvalue weighted by Crippen LogP contribution is 2.46. The zero-order valence-electron chi connectivity index (χ0n) is 12.9. The second-order valence-corrected chi connectivity index (χ2v) is 9.15. The van der Waals surface area contributed by atoms with Crippen molar-refractivity contribution in [2.75, 3.05) is 18.1 Å². The number of hydrogen-bond acceptors (Lipinski definition) is 4. The van der Waals surface area contributed by atoms with Gasteiger partial charge in [0.25, 0.3) is 0 Å². The molecule has 20 heavy (non-hydrogen) atoms. The molecule has 0 aromatic carbocycles. The molecule has 1 unspecified atom stereocenters. The molecule has 1 aliphatic heterocycles. The van der Waals surface area contributed by atoms with Crippen molar-refractivity contribution in [1.29, 1.82) is 0 Å². The summed E-state index contributed by atoms with van der Waals surface area (Å²) in [5.41, 5.74) is 1.92. The standard InChI is InChI=1S/C16H26N2S2/c1-4-8-17-16(9-15(2,3)10-19-11-16)14-18-12-6-5-7-13(12)20-14/h17H,4-11H2,1-3H3. The first kappa shape index (κ1) is 14.9. The number of fused-ring (bicyclic) bond motifs is 1. The van der Waals surface area contributed by atoms with E-state index in [1.54, 1.807) is 4.88 Å². The summed E-state index contributed by atoms with van der Waals surface area (Å²) in [6.07, 6.45) is 6.18. The molecule has 0 spiro atoms. The Labute approximate surface area is 131 Å². The maximum Gasteiger partial charge on any atom is 0.114 e. The summed E-state index contributed by atoms with van der Waals surface area (Å²) in [4.78, 5) is 6.61. The predicted octanol–water partition coefficient (Wildman–Crippen LogP) is 3.99. The molecule has 4 heteroatoms. The summed E-state index contributed by atoms with van der Waals surface area (Å²) in [5.74, 6) is 2.45. The molecule has 2 heterocycles. The minimum absolute atomic E-state index is 0.122. The number of nitrogens with zero attached hydrogens (tertiary/aromatic N) is 1. The van der Waals surface area contributed by atoms with Crippen molar-refractivity contribution >= 4 is 23.1 Å². The Kier molecular flexibility index (Phi) is 4.17. The lowest BCUT2D eigenvalue weighted by Gasteiger charge is -2.44. The molecule has 0 bridgehead atoms. The normalized spacial score (nSPS) is 28.6. The van der Waals surface area contributed by atoms with Gasteiger partial charge < -0.3 is 5.32 Å². The zero-order valence-corrected chi connectivity index (χ0v) is 14.6. The van der Waals surface area contributed by atoms with Crippen molar-refractivity contribution in [2.45, 2.75) is 58.4 Å². The lowest BCUT2D eigenvalue weighted by molar-refractivity contribution is 0.224. The fraction of sp³-hybridized carbons (Fsp3) is 0.812. The van der Waals surface area contributed by atoms with Crippen LogP contribution in [0.5, 0.6) is 0 Å². The fourth-order valence-electron chi connectivity index (χ4n) is 3.51. The highest BCUT2D eigenvalue weighted by Gasteiger charge is 2.44. The summed E-state index contributed by atoms with van der Waals surface area (Å²) in [5, 5.41) is 5.24. The summed E-state index contributed by atoms with van der Waals surface area (Å²) in [6, 6.07) is 0. The van der Waals surface area contributed by atoms with Crippen LogP contribution in [0.2, 0.25) is 0 Å². The maximum atomic E-state index is 5.05. The lowest BCUT2D eigenvalue weighted by atomic mass is 9.80. The Morgan fingerprint density at radius 3 is 2.80 bits per heavy atom. The molecule has 1 atom stereocenters. The molecule has 2 aliphatic rings. The van der Waals surface area contributed by atoms with Gasteiger partial charge in [-0.2, -0.15) is 11.8 Å². The van der Waals surface area contributed by atoms with E-state index in [1.165, 1.54) is 54.3 Å². The Morgan fingerprint density at radius 1 is 1.25 bits per heavy atom. The van der Waals surface area contributed by atoms with Gasteiger partial charge in [-0.3, -0.25) is 0 Å². The van der Waals surface area contributed by atoms with E-state index in [0.717, 1.165) is 6.54 Å². The first-order valence-corrected chi connectivity index (χ1v) is 9.84. The van der Waals surface area contributed by atoms with Gasteiger partial charge in [-0.25, -0.2) is 4.98 Å². The first-order chi connectivity index (χ1) is 9.55. The number of aromatic nitrogens is 1. The van der Waals surface area contributed by atoms with Crippen LogP contribution in [0.15, 0.2) is 0 Å². The van der Waals surface area contributed by atoms with Crippen LogP contribution in [-0.2, 0) is 18.4 Å². The van der Waals surface area contributed by atoms with Gasteiger partial charge in [0.05, 0.1) is 11.2 Å². The molecule has 0 amide bonds. The van der Waals surface area contributed by atoms with Gasteiger partial charge >= 0.3 is 0 Å². The second kappa shape index (κ2) is 5.62. The maximum absolute atomic E-state index is 5.05. The molecular weight excluding hydrogens is 284 g/mol. The van der Waals surface area contributed by atoms with E-state index in [-0.39, 0.29) is 5.54 Å². The summed E-state index contributed by atoms with van der Waals surface area (Å²) >= 11 is 4.09. The SMILES string of the molecule is CCCNC1(c2nc3c(s2)CCC3)CSCC(C)(C)C1. The van der Waals surface area contributed by atoms with E-state index in [1.807, 2.05) is 11.3 Å². The van der Waals surface area contributed by atoms with E-state index < -0.39 is 0 Å². The Morgan fingerprint density at radius 2 is 2.10 bits per heavy atom. The second-order valence-electron chi connectivity index (χ2n) is 7.09. The lowest BCUT2D eigenvalue weighted by Crippen LogP contribution is -2.51. The molecule has 2 nitrogen and oxygen atoms in total. The monoisotopic (exact) mass is 310 g/mol. The molecule has 0 saturated carbocycles. The Bertz CT molecular complexity index is 459. The van der Waals surface area contributed by atoms with Gasteiger partial charge in [-0.05, 0) is 49.8 Å². The van der Waals surface area contributed by atoms with Crippen molar-refractivity contribution in [3.63, 3.8) is 0 Å². The van der Waals surface area contributed by atoms with Crippen LogP contribution >= 0.6 is 23.1 Å². The van der Waals surface area contributed by atoms with Crippen molar-refractivity contribution in [3.8, 4) is 0 Å². The minimum Gasteiger partial charge on any atom is -0.305 e. The Hall–Kier alpha value is -0.0600. The molecule has 1 saturated heterocycles. The van der Waals surface area contributed by atoms with Gasteiger partial charge in [-0.1, -0.05) is 20.8 Å². The molecule has 112 valence electrons. The average molecular weight is 311 g/mol. The first-order valence-electron chi connectivity index (χ1n) is 7.86. The molecule has 1 aromatic heterocycles. The quantitative estimate of drug-likeness (QED) is 0.910. The van der Waals surface area contributed by atoms with Gasteiger partial charge in [-0.15, -0.1) is 11.3 Å². The third kappa shape index (κ3) is 2.79. The fourth-order valence-corrected chi connectivity index (χ4v) is 6.36. The number of rotatable bonds is 4. The largest absolute Gasteiger partial charge is 0.305 e. The van der Waals surface area contributed by atoms with Crippen LogP contribution in [0, 0.1) is 5.41 Å². The average Bonchev–Trinajstić information content (AvgIpc) is 2.96. The summed E-state index contributed by atoms with van der Waals surface area (Å²) < 4.78 is 0. The molecule has 3 rings (SSSR count). The number of aryl methyl sites for hydroxylation is 2. The number of thiazole rings is 1. The highest BCUT2D eigenvalue weighted by molar-refractivity contribution is 7.99. The van der Waals surface area contributed by atoms with E-state index in [9.17, 15) is 0 Å². The van der Waals surface area contributed by atoms with Gasteiger partial charge in [0.2, 0.25) is 0 Å². The minimum atomic E-state index is 0.122. The van der Waals surface area contributed by atoms with Gasteiger partial charge in [0.15, 0.2) is 0 Å². The van der Waals surface area contributed by atoms with Crippen molar-refractivity contribution in [3.05, 3.63) is 15.6 Å².